The molecule has 1 nitrogen and oxygen atoms in total. The fourth-order valence-electron chi connectivity index (χ4n) is 3.90. The van der Waals surface area contributed by atoms with Gasteiger partial charge in [-0.2, -0.15) is 0 Å². The van der Waals surface area contributed by atoms with Crippen molar-refractivity contribution in [2.75, 3.05) is 0 Å². The van der Waals surface area contributed by atoms with E-state index in [2.05, 4.69) is 63.4 Å². The minimum atomic E-state index is 0.883. The summed E-state index contributed by atoms with van der Waals surface area (Å²) in [6.45, 7) is 6.94. The van der Waals surface area contributed by atoms with E-state index in [-0.39, 0.29) is 0 Å². The molecule has 0 aliphatic carbocycles. The van der Waals surface area contributed by atoms with Crippen molar-refractivity contribution in [1.82, 2.24) is 4.98 Å². The minimum absolute atomic E-state index is 0.883. The molecule has 160 valence electrons. The normalized spacial score (nSPS) is 12.2. The van der Waals surface area contributed by atoms with Gasteiger partial charge in [0.2, 0.25) is 0 Å². The van der Waals surface area contributed by atoms with Crippen LogP contribution >= 0.6 is 0 Å². The first-order valence-electron chi connectivity index (χ1n) is 12.3. The number of nitrogens with zero attached hydrogens (tertiary/aromatic N) is 1. The van der Waals surface area contributed by atoms with E-state index in [0.29, 0.717) is 0 Å². The van der Waals surface area contributed by atoms with Crippen LogP contribution in [0, 0.1) is 5.92 Å². The van der Waals surface area contributed by atoms with Gasteiger partial charge in [-0.1, -0.05) is 109 Å². The van der Waals surface area contributed by atoms with Gasteiger partial charge in [0, 0.05) is 11.8 Å². The number of hydrogen-bond donors (Lipinski definition) is 0. The van der Waals surface area contributed by atoms with Crippen LogP contribution in [0.4, 0.5) is 0 Å². The zero-order valence-corrected chi connectivity index (χ0v) is 19.3. The monoisotopic (exact) mass is 393 g/mol. The molecule has 0 radical (unpaired) electrons. The van der Waals surface area contributed by atoms with Crippen LogP contribution in [0.3, 0.4) is 0 Å². The van der Waals surface area contributed by atoms with Gasteiger partial charge in [0.25, 0.3) is 0 Å². The Bertz CT molecular complexity index is 641. The van der Waals surface area contributed by atoms with Crippen LogP contribution in [-0.2, 0) is 12.8 Å². The molecule has 2 aromatic rings. The van der Waals surface area contributed by atoms with Gasteiger partial charge in [-0.05, 0) is 48.8 Å². The molecule has 0 aliphatic heterocycles. The van der Waals surface area contributed by atoms with Crippen LogP contribution in [0.15, 0.2) is 42.6 Å². The highest BCUT2D eigenvalue weighted by molar-refractivity contribution is 5.59. The standard InChI is InChI=1S/C28H43N/c1-4-6-7-8-9-12-15-25-17-20-27(21-18-25)28-22-19-26(23-29-28)16-13-10-11-14-24(3)5-2/h17-24H,4-16H2,1-3H3. The lowest BCUT2D eigenvalue weighted by molar-refractivity contribution is 0.478. The van der Waals surface area contributed by atoms with Gasteiger partial charge in [-0.3, -0.25) is 4.98 Å². The number of rotatable bonds is 15. The van der Waals surface area contributed by atoms with E-state index in [1.54, 1.807) is 0 Å². The number of hydrogen-bond acceptors (Lipinski definition) is 1. The Labute approximate surface area is 180 Å². The Morgan fingerprint density at radius 2 is 1.31 bits per heavy atom. The lowest BCUT2D eigenvalue weighted by Gasteiger charge is -2.08. The topological polar surface area (TPSA) is 12.9 Å². The van der Waals surface area contributed by atoms with Crippen LogP contribution < -0.4 is 0 Å². The Kier molecular flexibility index (Phi) is 11.7. The predicted octanol–water partition coefficient (Wildman–Crippen LogP) is 8.80. The first-order valence-corrected chi connectivity index (χ1v) is 12.3. The Balaban J connectivity index is 1.70. The van der Waals surface area contributed by atoms with E-state index < -0.39 is 0 Å². The fourth-order valence-corrected chi connectivity index (χ4v) is 3.90. The van der Waals surface area contributed by atoms with E-state index in [1.165, 1.54) is 93.7 Å². The van der Waals surface area contributed by atoms with Gasteiger partial charge < -0.3 is 0 Å². The van der Waals surface area contributed by atoms with Gasteiger partial charge in [-0.25, -0.2) is 0 Å². The lowest BCUT2D eigenvalue weighted by atomic mass is 9.99. The van der Waals surface area contributed by atoms with Crippen LogP contribution in [0.2, 0.25) is 0 Å². The maximum Gasteiger partial charge on any atom is 0.0702 e. The fraction of sp³-hybridized carbons (Fsp3) is 0.607. The maximum atomic E-state index is 4.72. The number of pyridine rings is 1. The molecular formula is C28H43N. The van der Waals surface area contributed by atoms with E-state index in [4.69, 9.17) is 4.98 Å². The third-order valence-corrected chi connectivity index (χ3v) is 6.25. The molecule has 0 aliphatic rings. The Morgan fingerprint density at radius 3 is 1.97 bits per heavy atom. The predicted molar refractivity (Wildman–Crippen MR) is 128 cm³/mol. The summed E-state index contributed by atoms with van der Waals surface area (Å²) in [4.78, 5) is 4.72. The van der Waals surface area contributed by atoms with Crippen LogP contribution in [0.5, 0.6) is 0 Å². The zero-order valence-electron chi connectivity index (χ0n) is 19.3. The van der Waals surface area contributed by atoms with E-state index in [0.717, 1.165) is 18.0 Å². The molecule has 0 saturated carbocycles. The molecular weight excluding hydrogens is 350 g/mol. The molecule has 1 atom stereocenters. The number of unbranched alkanes of at least 4 members (excludes halogenated alkanes) is 7. The number of benzene rings is 1. The first-order chi connectivity index (χ1) is 14.2. The zero-order chi connectivity index (χ0) is 20.7. The van der Waals surface area contributed by atoms with Crippen molar-refractivity contribution < 1.29 is 0 Å². The molecule has 0 bridgehead atoms. The second-order valence-corrected chi connectivity index (χ2v) is 8.88. The van der Waals surface area contributed by atoms with Crippen molar-refractivity contribution in [3.8, 4) is 11.3 Å². The minimum Gasteiger partial charge on any atom is -0.256 e. The summed E-state index contributed by atoms with van der Waals surface area (Å²) in [7, 11) is 0. The van der Waals surface area contributed by atoms with Crippen molar-refractivity contribution in [3.05, 3.63) is 53.7 Å². The summed E-state index contributed by atoms with van der Waals surface area (Å²) in [5.41, 5.74) is 5.16. The third kappa shape index (κ3) is 9.61. The summed E-state index contributed by atoms with van der Waals surface area (Å²) in [6, 6.07) is 13.5. The smallest absolute Gasteiger partial charge is 0.0702 e. The van der Waals surface area contributed by atoms with Crippen LogP contribution in [0.1, 0.15) is 103 Å². The molecule has 0 amide bonds. The highest BCUT2D eigenvalue weighted by atomic mass is 14.7. The molecule has 0 saturated heterocycles. The highest BCUT2D eigenvalue weighted by Crippen LogP contribution is 2.20. The Hall–Kier alpha value is -1.63. The maximum absolute atomic E-state index is 4.72. The molecule has 0 N–H and O–H groups in total. The molecule has 1 aromatic carbocycles. The average molecular weight is 394 g/mol. The molecule has 29 heavy (non-hydrogen) atoms. The van der Waals surface area contributed by atoms with E-state index in [9.17, 15) is 0 Å². The third-order valence-electron chi connectivity index (χ3n) is 6.25. The molecule has 2 rings (SSSR count). The average Bonchev–Trinajstić information content (AvgIpc) is 2.76. The van der Waals surface area contributed by atoms with Crippen molar-refractivity contribution in [2.24, 2.45) is 5.92 Å². The summed E-state index contributed by atoms with van der Waals surface area (Å²) >= 11 is 0. The summed E-state index contributed by atoms with van der Waals surface area (Å²) < 4.78 is 0. The Morgan fingerprint density at radius 1 is 0.690 bits per heavy atom. The van der Waals surface area contributed by atoms with Gasteiger partial charge in [0.1, 0.15) is 0 Å². The SMILES string of the molecule is CCCCCCCCc1ccc(-c2ccc(CCCCCC(C)CC)cn2)cc1. The van der Waals surface area contributed by atoms with E-state index >= 15 is 0 Å². The molecule has 0 spiro atoms. The highest BCUT2D eigenvalue weighted by Gasteiger charge is 2.02. The van der Waals surface area contributed by atoms with Crippen LogP contribution in [-0.4, -0.2) is 4.98 Å². The molecule has 1 heteroatoms. The van der Waals surface area contributed by atoms with Crippen molar-refractivity contribution >= 4 is 0 Å². The quantitative estimate of drug-likeness (QED) is 0.275. The van der Waals surface area contributed by atoms with Crippen molar-refractivity contribution in [1.29, 1.82) is 0 Å². The second-order valence-electron chi connectivity index (χ2n) is 8.88. The second kappa shape index (κ2) is 14.4. The van der Waals surface area contributed by atoms with Crippen LogP contribution in [0.25, 0.3) is 11.3 Å². The summed E-state index contributed by atoms with van der Waals surface area (Å²) in [5.74, 6) is 0.883. The van der Waals surface area contributed by atoms with Crippen molar-refractivity contribution in [2.45, 2.75) is 104 Å². The number of aryl methyl sites for hydroxylation is 2. The molecule has 1 heterocycles. The van der Waals surface area contributed by atoms with Gasteiger partial charge in [-0.15, -0.1) is 0 Å². The number of aromatic nitrogens is 1. The van der Waals surface area contributed by atoms with Gasteiger partial charge >= 0.3 is 0 Å². The molecule has 1 unspecified atom stereocenters. The summed E-state index contributed by atoms with van der Waals surface area (Å²) in [5, 5.41) is 0. The van der Waals surface area contributed by atoms with E-state index in [1.807, 2.05) is 0 Å². The van der Waals surface area contributed by atoms with Crippen molar-refractivity contribution in [3.63, 3.8) is 0 Å². The lowest BCUT2D eigenvalue weighted by Crippen LogP contribution is -1.93. The molecule has 1 aromatic heterocycles. The van der Waals surface area contributed by atoms with Gasteiger partial charge in [0.05, 0.1) is 5.69 Å². The van der Waals surface area contributed by atoms with Gasteiger partial charge in [0.15, 0.2) is 0 Å². The largest absolute Gasteiger partial charge is 0.256 e. The first kappa shape index (κ1) is 23.6. The summed E-state index contributed by atoms with van der Waals surface area (Å²) in [6.07, 6.45) is 19.3. The molecule has 0 fully saturated rings.